The topological polar surface area (TPSA) is 0 Å². The molecule has 0 bridgehead atoms. The van der Waals surface area contributed by atoms with Crippen molar-refractivity contribution >= 4 is 8.80 Å². The summed E-state index contributed by atoms with van der Waals surface area (Å²) in [6, 6.07) is 13.0. The number of benzene rings is 2. The monoisotopic (exact) mass is 429 g/mol. The van der Waals surface area contributed by atoms with Gasteiger partial charge in [-0.05, 0) is 59.0 Å². The van der Waals surface area contributed by atoms with Crippen LogP contribution in [0.4, 0.5) is 13.2 Å². The molecule has 161 valence electrons. The molecule has 0 N–H and O–H groups in total. The zero-order valence-electron chi connectivity index (χ0n) is 17.9. The van der Waals surface area contributed by atoms with Crippen LogP contribution in [0.15, 0.2) is 36.4 Å². The molecule has 0 aromatic heterocycles. The van der Waals surface area contributed by atoms with Crippen LogP contribution in [-0.4, -0.2) is 8.80 Å². The molecule has 1 saturated heterocycles. The van der Waals surface area contributed by atoms with Crippen molar-refractivity contribution < 1.29 is 13.2 Å². The Morgan fingerprint density at radius 1 is 0.800 bits per heavy atom. The summed E-state index contributed by atoms with van der Waals surface area (Å²) in [7, 11) is -0.209. The molecule has 1 radical (unpaired) electrons. The second kappa shape index (κ2) is 9.72. The highest BCUT2D eigenvalue weighted by Crippen LogP contribution is 2.44. The van der Waals surface area contributed by atoms with Crippen LogP contribution in [0.2, 0.25) is 17.6 Å². The first-order valence-electron chi connectivity index (χ1n) is 11.6. The van der Waals surface area contributed by atoms with Crippen molar-refractivity contribution in [3.05, 3.63) is 59.4 Å². The molecular weight excluding hydrogens is 397 g/mol. The number of halogens is 3. The van der Waals surface area contributed by atoms with Crippen LogP contribution in [0, 0.1) is 23.4 Å². The third-order valence-corrected chi connectivity index (χ3v) is 11.0. The molecule has 2 aromatic rings. The smallest absolute Gasteiger partial charge is 0.194 e. The Balaban J connectivity index is 1.33. The van der Waals surface area contributed by atoms with Crippen LogP contribution < -0.4 is 0 Å². The summed E-state index contributed by atoms with van der Waals surface area (Å²) < 4.78 is 40.3. The fourth-order valence-electron chi connectivity index (χ4n) is 5.67. The van der Waals surface area contributed by atoms with E-state index in [2.05, 4.69) is 19.1 Å². The predicted molar refractivity (Wildman–Crippen MR) is 120 cm³/mol. The van der Waals surface area contributed by atoms with E-state index >= 15 is 0 Å². The maximum atomic E-state index is 13.5. The van der Waals surface area contributed by atoms with Crippen molar-refractivity contribution in [3.8, 4) is 11.1 Å². The van der Waals surface area contributed by atoms with Gasteiger partial charge in [0.15, 0.2) is 17.5 Å². The summed E-state index contributed by atoms with van der Waals surface area (Å²) in [5, 5.41) is 0. The van der Waals surface area contributed by atoms with Gasteiger partial charge in [-0.3, -0.25) is 0 Å². The first-order valence-corrected chi connectivity index (χ1v) is 13.6. The third kappa shape index (κ3) is 4.85. The minimum Gasteiger partial charge on any atom is -0.204 e. The Bertz CT molecular complexity index is 809. The lowest BCUT2D eigenvalue weighted by Crippen LogP contribution is -2.29. The summed E-state index contributed by atoms with van der Waals surface area (Å²) in [5.41, 5.74) is 3.47. The summed E-state index contributed by atoms with van der Waals surface area (Å²) in [4.78, 5) is 0. The molecule has 1 saturated carbocycles. The second-order valence-corrected chi connectivity index (χ2v) is 12.4. The van der Waals surface area contributed by atoms with Gasteiger partial charge in [0, 0.05) is 0 Å². The summed E-state index contributed by atoms with van der Waals surface area (Å²) in [6.07, 6.45) is 11.2. The molecule has 2 aromatic carbocycles. The molecule has 0 atom stereocenters. The predicted octanol–water partition coefficient (Wildman–Crippen LogP) is 8.50. The van der Waals surface area contributed by atoms with E-state index in [1.54, 1.807) is 0 Å². The molecule has 1 heterocycles. The number of hydrogen-bond donors (Lipinski definition) is 0. The summed E-state index contributed by atoms with van der Waals surface area (Å²) in [5.74, 6) is -2.09. The Morgan fingerprint density at radius 2 is 1.40 bits per heavy atom. The lowest BCUT2D eigenvalue weighted by atomic mass is 9.86. The van der Waals surface area contributed by atoms with Crippen molar-refractivity contribution in [3.63, 3.8) is 0 Å². The van der Waals surface area contributed by atoms with Gasteiger partial charge in [0.25, 0.3) is 0 Å². The summed E-state index contributed by atoms with van der Waals surface area (Å²) in [6.45, 7) is 2.31. The van der Waals surface area contributed by atoms with Crippen molar-refractivity contribution in [1.82, 2.24) is 0 Å². The van der Waals surface area contributed by atoms with Gasteiger partial charge in [-0.15, -0.1) is 0 Å². The van der Waals surface area contributed by atoms with E-state index in [0.717, 1.165) is 29.2 Å². The molecule has 1 aliphatic heterocycles. The maximum absolute atomic E-state index is 13.5. The van der Waals surface area contributed by atoms with Crippen molar-refractivity contribution in [2.75, 3.05) is 0 Å². The molecule has 4 heteroatoms. The van der Waals surface area contributed by atoms with E-state index in [4.69, 9.17) is 0 Å². The van der Waals surface area contributed by atoms with Gasteiger partial charge in [0.1, 0.15) is 0 Å². The van der Waals surface area contributed by atoms with E-state index in [0.29, 0.717) is 11.5 Å². The largest absolute Gasteiger partial charge is 0.204 e. The molecular formula is C26H32F3Si. The molecule has 0 unspecified atom stereocenters. The standard InChI is InChI=1S/C26H32F3Si/c1-2-3-18-4-10-23(11-5-18)30-14-12-21(13-15-30)19-6-8-20(9-7-19)22-16-24(27)26(29)25(28)17-22/h6-9,16-18,21,23H,2-5,10-15H2,1H3. The van der Waals surface area contributed by atoms with E-state index in [-0.39, 0.29) is 8.80 Å². The Kier molecular flexibility index (Phi) is 7.02. The molecule has 0 spiro atoms. The average molecular weight is 430 g/mol. The number of hydrogen-bond acceptors (Lipinski definition) is 0. The summed E-state index contributed by atoms with van der Waals surface area (Å²) >= 11 is 0. The van der Waals surface area contributed by atoms with Gasteiger partial charge < -0.3 is 0 Å². The van der Waals surface area contributed by atoms with Crippen LogP contribution in [0.5, 0.6) is 0 Å². The van der Waals surface area contributed by atoms with Crippen molar-refractivity contribution in [1.29, 1.82) is 0 Å². The second-order valence-electron chi connectivity index (χ2n) is 9.31. The van der Waals surface area contributed by atoms with Crippen molar-refractivity contribution in [2.24, 2.45) is 5.92 Å². The zero-order valence-corrected chi connectivity index (χ0v) is 18.9. The molecule has 0 nitrogen and oxygen atoms in total. The van der Waals surface area contributed by atoms with E-state index in [1.807, 2.05) is 12.1 Å². The molecule has 4 rings (SSSR count). The first-order chi connectivity index (χ1) is 14.5. The normalized spacial score (nSPS) is 23.6. The van der Waals surface area contributed by atoms with Gasteiger partial charge in [-0.2, -0.15) is 0 Å². The fraction of sp³-hybridized carbons (Fsp3) is 0.538. The minimum absolute atomic E-state index is 0.209. The Morgan fingerprint density at radius 3 is 1.97 bits per heavy atom. The number of rotatable bonds is 5. The van der Waals surface area contributed by atoms with Crippen LogP contribution in [0.3, 0.4) is 0 Å². The van der Waals surface area contributed by atoms with E-state index < -0.39 is 17.5 Å². The van der Waals surface area contributed by atoms with Gasteiger partial charge in [-0.25, -0.2) is 13.2 Å². The highest BCUT2D eigenvalue weighted by Gasteiger charge is 2.32. The van der Waals surface area contributed by atoms with Crippen LogP contribution in [0.25, 0.3) is 11.1 Å². The van der Waals surface area contributed by atoms with E-state index in [9.17, 15) is 13.2 Å². The lowest BCUT2D eigenvalue weighted by molar-refractivity contribution is 0.332. The van der Waals surface area contributed by atoms with Gasteiger partial charge in [-0.1, -0.05) is 81.8 Å². The molecule has 2 aliphatic rings. The minimum atomic E-state index is -1.41. The quantitative estimate of drug-likeness (QED) is 0.330. The van der Waals surface area contributed by atoms with E-state index in [1.165, 1.54) is 69.0 Å². The average Bonchev–Trinajstić information content (AvgIpc) is 2.78. The van der Waals surface area contributed by atoms with Crippen LogP contribution in [0.1, 0.15) is 69.8 Å². The molecule has 2 fully saturated rings. The van der Waals surface area contributed by atoms with Crippen LogP contribution in [-0.2, 0) is 0 Å². The first kappa shape index (κ1) is 21.7. The van der Waals surface area contributed by atoms with Gasteiger partial charge in [0.2, 0.25) is 0 Å². The van der Waals surface area contributed by atoms with Crippen molar-refractivity contribution in [2.45, 2.75) is 81.8 Å². The maximum Gasteiger partial charge on any atom is 0.194 e. The molecule has 30 heavy (non-hydrogen) atoms. The SMILES string of the molecule is CCCC1CCC([Si]2CCC(c3ccc(-c4cc(F)c(F)c(F)c4)cc3)CC2)CC1. The lowest BCUT2D eigenvalue weighted by Gasteiger charge is -2.37. The highest BCUT2D eigenvalue weighted by atomic mass is 28.3. The Labute approximate surface area is 180 Å². The third-order valence-electron chi connectivity index (χ3n) is 7.45. The fourth-order valence-corrected chi connectivity index (χ4v) is 9.32. The molecule has 1 aliphatic carbocycles. The highest BCUT2D eigenvalue weighted by molar-refractivity contribution is 6.60. The molecule has 0 amide bonds. The Hall–Kier alpha value is -1.55. The van der Waals surface area contributed by atoms with Gasteiger partial charge >= 0.3 is 0 Å². The van der Waals surface area contributed by atoms with Crippen LogP contribution >= 0.6 is 0 Å². The van der Waals surface area contributed by atoms with Gasteiger partial charge in [0.05, 0.1) is 8.80 Å². The zero-order chi connectivity index (χ0) is 21.1.